The highest BCUT2D eigenvalue weighted by molar-refractivity contribution is 4.24. The van der Waals surface area contributed by atoms with Gasteiger partial charge < -0.3 is 19.0 Å². The van der Waals surface area contributed by atoms with E-state index in [1.54, 1.807) is 7.11 Å². The molecule has 0 aromatic rings. The van der Waals surface area contributed by atoms with Gasteiger partial charge in [-0.05, 0) is 0 Å². The maximum absolute atomic E-state index is 4.98. The van der Waals surface area contributed by atoms with E-state index in [2.05, 4.69) is 4.84 Å². The van der Waals surface area contributed by atoms with Crippen LogP contribution in [0.1, 0.15) is 0 Å². The molecule has 0 radical (unpaired) electrons. The van der Waals surface area contributed by atoms with Crippen molar-refractivity contribution in [2.45, 2.75) is 0 Å². The van der Waals surface area contributed by atoms with Gasteiger partial charge >= 0.3 is 0 Å². The molecule has 0 unspecified atom stereocenters. The predicted molar refractivity (Wildman–Crippen MR) is 38.8 cm³/mol. The highest BCUT2D eigenvalue weighted by atomic mass is 16.7. The first-order valence-corrected chi connectivity index (χ1v) is 3.38. The fraction of sp³-hybridized carbons (Fsp3) is 1.00. The lowest BCUT2D eigenvalue weighted by Gasteiger charge is -2.03. The Morgan fingerprint density at radius 2 is 1.64 bits per heavy atom. The van der Waals surface area contributed by atoms with Crippen LogP contribution >= 0.6 is 0 Å². The van der Waals surface area contributed by atoms with Gasteiger partial charge in [0, 0.05) is 7.11 Å². The Balaban J connectivity index is 2.69. The fourth-order valence-electron chi connectivity index (χ4n) is 0.426. The molecule has 5 nitrogen and oxygen atoms in total. The zero-order chi connectivity index (χ0) is 8.36. The molecule has 0 aliphatic carbocycles. The van der Waals surface area contributed by atoms with E-state index >= 15 is 0 Å². The van der Waals surface area contributed by atoms with E-state index < -0.39 is 0 Å². The lowest BCUT2D eigenvalue weighted by atomic mass is 10.8. The number of rotatable bonds is 8. The van der Waals surface area contributed by atoms with Crippen molar-refractivity contribution < 1.29 is 19.0 Å². The molecule has 0 heterocycles. The van der Waals surface area contributed by atoms with Crippen LogP contribution < -0.4 is 5.90 Å². The van der Waals surface area contributed by atoms with Crippen LogP contribution in [0.5, 0.6) is 0 Å². The van der Waals surface area contributed by atoms with Crippen molar-refractivity contribution >= 4 is 0 Å². The van der Waals surface area contributed by atoms with Gasteiger partial charge in [0.1, 0.15) is 6.79 Å². The zero-order valence-corrected chi connectivity index (χ0v) is 6.75. The third-order valence-corrected chi connectivity index (χ3v) is 0.944. The van der Waals surface area contributed by atoms with Gasteiger partial charge in [0.2, 0.25) is 0 Å². The summed E-state index contributed by atoms with van der Waals surface area (Å²) in [6.07, 6.45) is 0. The molecule has 0 aliphatic heterocycles. The maximum Gasteiger partial charge on any atom is 0.146 e. The SMILES string of the molecule is COCCOCOCCON. The second kappa shape index (κ2) is 9.80. The molecule has 0 aromatic heterocycles. The zero-order valence-electron chi connectivity index (χ0n) is 6.75. The Kier molecular flexibility index (Phi) is 9.62. The summed E-state index contributed by atoms with van der Waals surface area (Å²) in [5.41, 5.74) is 0. The maximum atomic E-state index is 4.98. The first kappa shape index (κ1) is 10.8. The van der Waals surface area contributed by atoms with Gasteiger partial charge in [0.25, 0.3) is 0 Å². The molecular formula is C6H15NO4. The van der Waals surface area contributed by atoms with Crippen molar-refractivity contribution in [2.24, 2.45) is 5.90 Å². The van der Waals surface area contributed by atoms with Crippen molar-refractivity contribution in [1.29, 1.82) is 0 Å². The summed E-state index contributed by atoms with van der Waals surface area (Å²) in [7, 11) is 1.62. The van der Waals surface area contributed by atoms with Crippen LogP contribution in [0.2, 0.25) is 0 Å². The first-order chi connectivity index (χ1) is 5.41. The van der Waals surface area contributed by atoms with Crippen molar-refractivity contribution in [2.75, 3.05) is 40.3 Å². The molecule has 0 fully saturated rings. The lowest BCUT2D eigenvalue weighted by Crippen LogP contribution is -2.11. The smallest absolute Gasteiger partial charge is 0.146 e. The summed E-state index contributed by atoms with van der Waals surface area (Å²) in [6.45, 7) is 2.21. The van der Waals surface area contributed by atoms with E-state index in [9.17, 15) is 0 Å². The average molecular weight is 165 g/mol. The van der Waals surface area contributed by atoms with Crippen molar-refractivity contribution in [3.05, 3.63) is 0 Å². The van der Waals surface area contributed by atoms with Crippen LogP contribution in [0.25, 0.3) is 0 Å². The molecule has 0 rings (SSSR count). The highest BCUT2D eigenvalue weighted by Crippen LogP contribution is 1.78. The molecule has 68 valence electrons. The first-order valence-electron chi connectivity index (χ1n) is 3.38. The Bertz CT molecular complexity index is 63.6. The number of hydrogen-bond donors (Lipinski definition) is 1. The van der Waals surface area contributed by atoms with Crippen molar-refractivity contribution in [3.63, 3.8) is 0 Å². The van der Waals surface area contributed by atoms with E-state index in [-0.39, 0.29) is 6.79 Å². The molecule has 2 N–H and O–H groups in total. The largest absolute Gasteiger partial charge is 0.382 e. The van der Waals surface area contributed by atoms with Gasteiger partial charge in [-0.1, -0.05) is 0 Å². The molecule has 0 amide bonds. The molecule has 0 saturated carbocycles. The van der Waals surface area contributed by atoms with Gasteiger partial charge in [-0.15, -0.1) is 0 Å². The van der Waals surface area contributed by atoms with Gasteiger partial charge in [-0.3, -0.25) is 0 Å². The van der Waals surface area contributed by atoms with E-state index in [0.29, 0.717) is 26.4 Å². The quantitative estimate of drug-likeness (QED) is 0.299. The van der Waals surface area contributed by atoms with Crippen molar-refractivity contribution in [1.82, 2.24) is 0 Å². The molecule has 0 saturated heterocycles. The van der Waals surface area contributed by atoms with Crippen LogP contribution in [0, 0.1) is 0 Å². The minimum absolute atomic E-state index is 0.257. The molecule has 11 heavy (non-hydrogen) atoms. The average Bonchev–Trinajstić information content (AvgIpc) is 2.03. The molecule has 0 bridgehead atoms. The molecule has 0 aliphatic rings. The third kappa shape index (κ3) is 9.80. The predicted octanol–water partition coefficient (Wildman–Crippen LogP) is -0.486. The Morgan fingerprint density at radius 1 is 1.00 bits per heavy atom. The Hall–Kier alpha value is -0.200. The monoisotopic (exact) mass is 165 g/mol. The summed E-state index contributed by atoms with van der Waals surface area (Å²) in [5, 5.41) is 0. The number of ether oxygens (including phenoxy) is 3. The summed E-state index contributed by atoms with van der Waals surface area (Å²) < 4.78 is 14.7. The lowest BCUT2D eigenvalue weighted by molar-refractivity contribution is -0.0788. The Labute approximate surface area is 66.3 Å². The number of methoxy groups -OCH3 is 1. The molecular weight excluding hydrogens is 150 g/mol. The van der Waals surface area contributed by atoms with Crippen LogP contribution in [-0.2, 0) is 19.0 Å². The normalized spacial score (nSPS) is 10.4. The summed E-state index contributed by atoms with van der Waals surface area (Å²) >= 11 is 0. The van der Waals surface area contributed by atoms with E-state index in [1.165, 1.54) is 0 Å². The van der Waals surface area contributed by atoms with Crippen molar-refractivity contribution in [3.8, 4) is 0 Å². The summed E-state index contributed by atoms with van der Waals surface area (Å²) in [5.74, 6) is 4.75. The minimum atomic E-state index is 0.257. The topological polar surface area (TPSA) is 62.9 Å². The van der Waals surface area contributed by atoms with Gasteiger partial charge in [-0.2, -0.15) is 0 Å². The van der Waals surface area contributed by atoms with Crippen LogP contribution in [0.4, 0.5) is 0 Å². The molecule has 0 aromatic carbocycles. The van der Waals surface area contributed by atoms with Crippen LogP contribution in [0.3, 0.4) is 0 Å². The van der Waals surface area contributed by atoms with E-state index in [0.717, 1.165) is 0 Å². The summed E-state index contributed by atoms with van der Waals surface area (Å²) in [4.78, 5) is 4.26. The highest BCUT2D eigenvalue weighted by Gasteiger charge is 1.87. The molecule has 0 spiro atoms. The van der Waals surface area contributed by atoms with E-state index in [4.69, 9.17) is 20.1 Å². The minimum Gasteiger partial charge on any atom is -0.382 e. The van der Waals surface area contributed by atoms with E-state index in [1.807, 2.05) is 0 Å². The third-order valence-electron chi connectivity index (χ3n) is 0.944. The molecule has 0 atom stereocenters. The van der Waals surface area contributed by atoms with Gasteiger partial charge in [-0.25, -0.2) is 5.90 Å². The standard InChI is InChI=1S/C6H15NO4/c1-8-2-3-9-6-10-4-5-11-7/h2-7H2,1H3. The van der Waals surface area contributed by atoms with Gasteiger partial charge in [0.15, 0.2) is 0 Å². The number of hydrogen-bond acceptors (Lipinski definition) is 5. The second-order valence-electron chi connectivity index (χ2n) is 1.80. The fourth-order valence-corrected chi connectivity index (χ4v) is 0.426. The second-order valence-corrected chi connectivity index (χ2v) is 1.80. The van der Waals surface area contributed by atoms with Gasteiger partial charge in [0.05, 0.1) is 26.4 Å². The Morgan fingerprint density at radius 3 is 2.18 bits per heavy atom. The summed E-state index contributed by atoms with van der Waals surface area (Å²) in [6, 6.07) is 0. The van der Waals surface area contributed by atoms with Crippen LogP contribution in [0.15, 0.2) is 0 Å². The molecule has 5 heteroatoms. The van der Waals surface area contributed by atoms with Crippen LogP contribution in [-0.4, -0.2) is 40.3 Å². The number of nitrogens with two attached hydrogens (primary N) is 1.